The SMILES string of the molecule is COc1cccc(NC(=O)N2CCc3sccc3C2)c1. The number of hydrogen-bond donors (Lipinski definition) is 1. The molecule has 3 rings (SSSR count). The molecule has 2 amide bonds. The molecule has 1 aromatic heterocycles. The molecule has 2 heterocycles. The minimum atomic E-state index is -0.0601. The fourth-order valence-corrected chi connectivity index (χ4v) is 3.21. The van der Waals surface area contributed by atoms with Crippen LogP contribution in [0.15, 0.2) is 35.7 Å². The second kappa shape index (κ2) is 5.54. The number of anilines is 1. The van der Waals surface area contributed by atoms with Crippen LogP contribution >= 0.6 is 11.3 Å². The first-order valence-corrected chi connectivity index (χ1v) is 7.39. The lowest BCUT2D eigenvalue weighted by molar-refractivity contribution is 0.207. The van der Waals surface area contributed by atoms with Gasteiger partial charge in [-0.3, -0.25) is 0 Å². The largest absolute Gasteiger partial charge is 0.497 e. The predicted molar refractivity (Wildman–Crippen MR) is 80.4 cm³/mol. The van der Waals surface area contributed by atoms with Crippen molar-refractivity contribution in [3.63, 3.8) is 0 Å². The third kappa shape index (κ3) is 2.63. The standard InChI is InChI=1S/C15H16N2O2S/c1-19-13-4-2-3-12(9-13)16-15(18)17-7-5-14-11(10-17)6-8-20-14/h2-4,6,8-9H,5,7,10H2,1H3,(H,16,18). The molecule has 0 saturated carbocycles. The van der Waals surface area contributed by atoms with Gasteiger partial charge in [-0.25, -0.2) is 4.79 Å². The van der Waals surface area contributed by atoms with Gasteiger partial charge in [-0.05, 0) is 35.6 Å². The highest BCUT2D eigenvalue weighted by Crippen LogP contribution is 2.24. The van der Waals surface area contributed by atoms with Crippen LogP contribution in [-0.4, -0.2) is 24.6 Å². The molecule has 5 heteroatoms. The number of fused-ring (bicyclic) bond motifs is 1. The van der Waals surface area contributed by atoms with Gasteiger partial charge in [0.2, 0.25) is 0 Å². The number of urea groups is 1. The first-order chi connectivity index (χ1) is 9.76. The van der Waals surface area contributed by atoms with Crippen LogP contribution in [0.1, 0.15) is 10.4 Å². The van der Waals surface area contributed by atoms with Crippen LogP contribution in [0.3, 0.4) is 0 Å². The highest BCUT2D eigenvalue weighted by atomic mass is 32.1. The maximum Gasteiger partial charge on any atom is 0.322 e. The maximum atomic E-state index is 12.3. The minimum absolute atomic E-state index is 0.0601. The van der Waals surface area contributed by atoms with Gasteiger partial charge < -0.3 is 15.0 Å². The molecule has 1 aliphatic rings. The maximum absolute atomic E-state index is 12.3. The van der Waals surface area contributed by atoms with E-state index in [0.717, 1.165) is 24.4 Å². The Bertz CT molecular complexity index is 624. The van der Waals surface area contributed by atoms with Crippen LogP contribution in [0, 0.1) is 0 Å². The van der Waals surface area contributed by atoms with Crippen LogP contribution in [0.2, 0.25) is 0 Å². The third-order valence-electron chi connectivity index (χ3n) is 3.42. The van der Waals surface area contributed by atoms with Crippen molar-refractivity contribution in [2.75, 3.05) is 19.0 Å². The van der Waals surface area contributed by atoms with Crippen LogP contribution in [-0.2, 0) is 13.0 Å². The molecule has 104 valence electrons. The number of thiophene rings is 1. The number of nitrogens with one attached hydrogen (secondary N) is 1. The molecule has 0 unspecified atom stereocenters. The zero-order valence-electron chi connectivity index (χ0n) is 11.3. The van der Waals surface area contributed by atoms with Gasteiger partial charge in [0.15, 0.2) is 0 Å². The number of hydrogen-bond acceptors (Lipinski definition) is 3. The molecule has 0 bridgehead atoms. The van der Waals surface area contributed by atoms with E-state index < -0.39 is 0 Å². The molecule has 0 atom stereocenters. The number of carbonyl (C=O) groups excluding carboxylic acids is 1. The molecule has 1 aliphatic heterocycles. The average Bonchev–Trinajstić information content (AvgIpc) is 2.94. The van der Waals surface area contributed by atoms with Gasteiger partial charge in [0.1, 0.15) is 5.75 Å². The van der Waals surface area contributed by atoms with E-state index in [9.17, 15) is 4.79 Å². The fraction of sp³-hybridized carbons (Fsp3) is 0.267. The van der Waals surface area contributed by atoms with Crippen molar-refractivity contribution >= 4 is 23.1 Å². The molecule has 0 aliphatic carbocycles. The lowest BCUT2D eigenvalue weighted by Gasteiger charge is -2.27. The molecule has 0 fully saturated rings. The Hall–Kier alpha value is -2.01. The quantitative estimate of drug-likeness (QED) is 0.920. The summed E-state index contributed by atoms with van der Waals surface area (Å²) in [6.45, 7) is 1.46. The summed E-state index contributed by atoms with van der Waals surface area (Å²) in [5.41, 5.74) is 2.02. The molecular weight excluding hydrogens is 272 g/mol. The van der Waals surface area contributed by atoms with Gasteiger partial charge in [-0.15, -0.1) is 11.3 Å². The number of amides is 2. The van der Waals surface area contributed by atoms with E-state index in [0.29, 0.717) is 6.54 Å². The van der Waals surface area contributed by atoms with E-state index in [1.807, 2.05) is 29.2 Å². The summed E-state index contributed by atoms with van der Waals surface area (Å²) in [4.78, 5) is 15.5. The highest BCUT2D eigenvalue weighted by molar-refractivity contribution is 7.10. The molecule has 20 heavy (non-hydrogen) atoms. The van der Waals surface area contributed by atoms with Gasteiger partial charge in [-0.2, -0.15) is 0 Å². The van der Waals surface area contributed by atoms with Crippen LogP contribution in [0.5, 0.6) is 5.75 Å². The summed E-state index contributed by atoms with van der Waals surface area (Å²) in [7, 11) is 1.61. The van der Waals surface area contributed by atoms with Crippen molar-refractivity contribution in [2.45, 2.75) is 13.0 Å². The second-order valence-electron chi connectivity index (χ2n) is 4.70. The molecule has 4 nitrogen and oxygen atoms in total. The van der Waals surface area contributed by atoms with E-state index in [2.05, 4.69) is 16.8 Å². The normalized spacial score (nSPS) is 13.8. The van der Waals surface area contributed by atoms with Gasteiger partial charge >= 0.3 is 6.03 Å². The second-order valence-corrected chi connectivity index (χ2v) is 5.70. The zero-order valence-corrected chi connectivity index (χ0v) is 12.1. The van der Waals surface area contributed by atoms with E-state index >= 15 is 0 Å². The number of carbonyl (C=O) groups is 1. The monoisotopic (exact) mass is 288 g/mol. The average molecular weight is 288 g/mol. The lowest BCUT2D eigenvalue weighted by Crippen LogP contribution is -2.38. The molecular formula is C15H16N2O2S. The zero-order chi connectivity index (χ0) is 13.9. The van der Waals surface area contributed by atoms with Gasteiger partial charge in [0.25, 0.3) is 0 Å². The van der Waals surface area contributed by atoms with Gasteiger partial charge in [0, 0.05) is 29.7 Å². The molecule has 1 aromatic carbocycles. The number of ether oxygens (including phenoxy) is 1. The molecule has 2 aromatic rings. The number of rotatable bonds is 2. The summed E-state index contributed by atoms with van der Waals surface area (Å²) in [6.07, 6.45) is 0.943. The van der Waals surface area contributed by atoms with E-state index in [1.54, 1.807) is 18.4 Å². The summed E-state index contributed by atoms with van der Waals surface area (Å²) < 4.78 is 5.15. The summed E-state index contributed by atoms with van der Waals surface area (Å²) >= 11 is 1.77. The van der Waals surface area contributed by atoms with Crippen molar-refractivity contribution in [1.29, 1.82) is 0 Å². The third-order valence-corrected chi connectivity index (χ3v) is 4.44. The summed E-state index contributed by atoms with van der Waals surface area (Å²) in [5.74, 6) is 0.738. The first kappa shape index (κ1) is 13.0. The van der Waals surface area contributed by atoms with Crippen molar-refractivity contribution in [2.24, 2.45) is 0 Å². The number of nitrogens with zero attached hydrogens (tertiary/aromatic N) is 1. The van der Waals surface area contributed by atoms with Crippen molar-refractivity contribution < 1.29 is 9.53 Å². The number of methoxy groups -OCH3 is 1. The van der Waals surface area contributed by atoms with Crippen molar-refractivity contribution in [3.05, 3.63) is 46.2 Å². The Morgan fingerprint density at radius 2 is 2.30 bits per heavy atom. The van der Waals surface area contributed by atoms with Crippen LogP contribution in [0.25, 0.3) is 0 Å². The molecule has 0 saturated heterocycles. The lowest BCUT2D eigenvalue weighted by atomic mass is 10.1. The van der Waals surface area contributed by atoms with E-state index in [4.69, 9.17) is 4.74 Å². The van der Waals surface area contributed by atoms with Gasteiger partial charge in [-0.1, -0.05) is 6.07 Å². The smallest absolute Gasteiger partial charge is 0.322 e. The fourth-order valence-electron chi connectivity index (χ4n) is 2.33. The predicted octanol–water partition coefficient (Wildman–Crippen LogP) is 3.35. The van der Waals surface area contributed by atoms with Crippen molar-refractivity contribution in [1.82, 2.24) is 4.90 Å². The Balaban J connectivity index is 1.68. The Kier molecular flexibility index (Phi) is 3.60. The summed E-state index contributed by atoms with van der Waals surface area (Å²) in [6, 6.07) is 9.44. The summed E-state index contributed by atoms with van der Waals surface area (Å²) in [5, 5.41) is 5.01. The number of benzene rings is 1. The van der Waals surface area contributed by atoms with Crippen molar-refractivity contribution in [3.8, 4) is 5.75 Å². The van der Waals surface area contributed by atoms with Crippen LogP contribution < -0.4 is 10.1 Å². The highest BCUT2D eigenvalue weighted by Gasteiger charge is 2.21. The minimum Gasteiger partial charge on any atom is -0.497 e. The molecule has 0 spiro atoms. The topological polar surface area (TPSA) is 41.6 Å². The van der Waals surface area contributed by atoms with E-state index in [1.165, 1.54) is 10.4 Å². The van der Waals surface area contributed by atoms with Gasteiger partial charge in [0.05, 0.1) is 7.11 Å². The van der Waals surface area contributed by atoms with Crippen LogP contribution in [0.4, 0.5) is 10.5 Å². The Morgan fingerprint density at radius 1 is 1.40 bits per heavy atom. The first-order valence-electron chi connectivity index (χ1n) is 6.51. The molecule has 0 radical (unpaired) electrons. The van der Waals surface area contributed by atoms with E-state index in [-0.39, 0.29) is 6.03 Å². The molecule has 1 N–H and O–H groups in total. The Labute approximate surface area is 122 Å². The Morgan fingerprint density at radius 3 is 3.15 bits per heavy atom.